The third-order valence-electron chi connectivity index (χ3n) is 2.87. The second kappa shape index (κ2) is 5.42. The summed E-state index contributed by atoms with van der Waals surface area (Å²) in [5, 5.41) is 12.1. The first kappa shape index (κ1) is 14.0. The smallest absolute Gasteiger partial charge is 0.189 e. The molecule has 2 aromatic carbocycles. The molecule has 2 N–H and O–H groups in total. The third kappa shape index (κ3) is 2.62. The summed E-state index contributed by atoms with van der Waals surface area (Å²) in [6.45, 7) is 0. The van der Waals surface area contributed by atoms with Crippen molar-refractivity contribution in [2.45, 2.75) is 0 Å². The molecule has 3 aromatic rings. The van der Waals surface area contributed by atoms with Gasteiger partial charge in [0.05, 0.1) is 10.7 Å². The Morgan fingerprint density at radius 2 is 2.00 bits per heavy atom. The molecule has 0 aliphatic rings. The van der Waals surface area contributed by atoms with Gasteiger partial charge in [0.1, 0.15) is 5.82 Å². The molecule has 0 atom stereocenters. The summed E-state index contributed by atoms with van der Waals surface area (Å²) < 4.78 is 15.4. The molecule has 1 aromatic heterocycles. The zero-order chi connectivity index (χ0) is 15.0. The normalized spacial score (nSPS) is 10.8. The van der Waals surface area contributed by atoms with Crippen molar-refractivity contribution in [3.8, 4) is 17.1 Å². The molecule has 0 unspecified atom stereocenters. The van der Waals surface area contributed by atoms with Crippen molar-refractivity contribution in [3.63, 3.8) is 0 Å². The van der Waals surface area contributed by atoms with Gasteiger partial charge in [0.2, 0.25) is 0 Å². The Morgan fingerprint density at radius 1 is 1.19 bits per heavy atom. The van der Waals surface area contributed by atoms with Crippen LogP contribution in [0.1, 0.15) is 0 Å². The van der Waals surface area contributed by atoms with Gasteiger partial charge in [-0.25, -0.2) is 4.39 Å². The van der Waals surface area contributed by atoms with E-state index in [9.17, 15) is 4.39 Å². The average Bonchev–Trinajstić information content (AvgIpc) is 2.91. The lowest BCUT2D eigenvalue weighted by Crippen LogP contribution is -2.02. The van der Waals surface area contributed by atoms with Gasteiger partial charge in [0.25, 0.3) is 0 Å². The van der Waals surface area contributed by atoms with Gasteiger partial charge in [-0.1, -0.05) is 11.6 Å². The van der Waals surface area contributed by atoms with Crippen LogP contribution in [0.2, 0.25) is 5.02 Å². The van der Waals surface area contributed by atoms with Gasteiger partial charge in [0, 0.05) is 15.7 Å². The fourth-order valence-corrected chi connectivity index (χ4v) is 2.30. The number of halogens is 3. The highest BCUT2D eigenvalue weighted by Gasteiger charge is 2.14. The molecule has 0 spiro atoms. The average molecular weight is 369 g/mol. The van der Waals surface area contributed by atoms with Crippen molar-refractivity contribution < 1.29 is 4.39 Å². The first-order valence-electron chi connectivity index (χ1n) is 5.85. The maximum Gasteiger partial charge on any atom is 0.189 e. The van der Waals surface area contributed by atoms with Gasteiger partial charge in [-0.3, -0.25) is 0 Å². The van der Waals surface area contributed by atoms with Crippen LogP contribution >= 0.6 is 27.5 Å². The van der Waals surface area contributed by atoms with E-state index in [-0.39, 0.29) is 5.69 Å². The Morgan fingerprint density at radius 3 is 2.71 bits per heavy atom. The van der Waals surface area contributed by atoms with Gasteiger partial charge >= 0.3 is 0 Å². The largest absolute Gasteiger partial charge is 0.398 e. The highest BCUT2D eigenvalue weighted by Crippen LogP contribution is 2.29. The maximum atomic E-state index is 13.1. The van der Waals surface area contributed by atoms with Gasteiger partial charge in [-0.15, -0.1) is 5.10 Å². The molecule has 0 radical (unpaired) electrons. The van der Waals surface area contributed by atoms with Crippen molar-refractivity contribution in [1.82, 2.24) is 20.2 Å². The quantitative estimate of drug-likeness (QED) is 0.703. The van der Waals surface area contributed by atoms with Gasteiger partial charge in [0.15, 0.2) is 5.82 Å². The highest BCUT2D eigenvalue weighted by molar-refractivity contribution is 9.10. The zero-order valence-corrected chi connectivity index (χ0v) is 12.8. The van der Waals surface area contributed by atoms with Gasteiger partial charge in [-0.2, -0.15) is 4.68 Å². The Balaban J connectivity index is 2.14. The second-order valence-corrected chi connectivity index (χ2v) is 5.51. The number of benzene rings is 2. The van der Waals surface area contributed by atoms with E-state index in [2.05, 4.69) is 31.5 Å². The van der Waals surface area contributed by atoms with Crippen LogP contribution in [0.15, 0.2) is 40.9 Å². The van der Waals surface area contributed by atoms with Crippen molar-refractivity contribution in [2.75, 3.05) is 5.73 Å². The molecular weight excluding hydrogens is 361 g/mol. The Hall–Kier alpha value is -1.99. The summed E-state index contributed by atoms with van der Waals surface area (Å²) in [4.78, 5) is 0. The Labute approximate surface area is 132 Å². The standard InChI is InChI=1S/C13H8BrClFN5/c14-10-4-2-8(6-11(10)15)21-13(18-19-20-21)9-3-1-7(16)5-12(9)17/h1-6H,17H2. The summed E-state index contributed by atoms with van der Waals surface area (Å²) in [7, 11) is 0. The molecule has 3 rings (SSSR count). The number of tetrazole rings is 1. The fourth-order valence-electron chi connectivity index (χ4n) is 1.88. The molecule has 5 nitrogen and oxygen atoms in total. The van der Waals surface area contributed by atoms with E-state index in [1.165, 1.54) is 22.9 Å². The first-order valence-corrected chi connectivity index (χ1v) is 7.02. The van der Waals surface area contributed by atoms with E-state index >= 15 is 0 Å². The summed E-state index contributed by atoms with van der Waals surface area (Å²) in [5.41, 5.74) is 7.30. The van der Waals surface area contributed by atoms with E-state index in [1.807, 2.05) is 0 Å². The number of nitrogen functional groups attached to an aromatic ring is 1. The number of hydrogen-bond acceptors (Lipinski definition) is 4. The van der Waals surface area contributed by atoms with E-state index in [4.69, 9.17) is 17.3 Å². The molecular formula is C13H8BrClFN5. The lowest BCUT2D eigenvalue weighted by Gasteiger charge is -2.08. The predicted octanol–water partition coefficient (Wildman–Crippen LogP) is 3.47. The minimum atomic E-state index is -0.415. The summed E-state index contributed by atoms with van der Waals surface area (Å²) in [6, 6.07) is 9.37. The Kier molecular flexibility index (Phi) is 3.60. The summed E-state index contributed by atoms with van der Waals surface area (Å²) in [6.07, 6.45) is 0. The zero-order valence-electron chi connectivity index (χ0n) is 10.5. The van der Waals surface area contributed by atoms with Gasteiger partial charge < -0.3 is 5.73 Å². The predicted molar refractivity (Wildman–Crippen MR) is 81.7 cm³/mol. The van der Waals surface area contributed by atoms with Crippen molar-refractivity contribution in [2.24, 2.45) is 0 Å². The number of anilines is 1. The molecule has 1 heterocycles. The molecule has 0 amide bonds. The maximum absolute atomic E-state index is 13.1. The minimum absolute atomic E-state index is 0.259. The highest BCUT2D eigenvalue weighted by atomic mass is 79.9. The van der Waals surface area contributed by atoms with Crippen LogP contribution in [0.4, 0.5) is 10.1 Å². The van der Waals surface area contributed by atoms with Crippen LogP contribution in [0, 0.1) is 5.82 Å². The number of aromatic nitrogens is 4. The molecule has 0 saturated carbocycles. The number of hydrogen-bond donors (Lipinski definition) is 1. The third-order valence-corrected chi connectivity index (χ3v) is 4.10. The van der Waals surface area contributed by atoms with Crippen molar-refractivity contribution in [3.05, 3.63) is 51.7 Å². The lowest BCUT2D eigenvalue weighted by atomic mass is 10.1. The number of nitrogens with zero attached hydrogens (tertiary/aromatic N) is 4. The Bertz CT molecular complexity index is 820. The first-order chi connectivity index (χ1) is 10.1. The van der Waals surface area contributed by atoms with Crippen molar-refractivity contribution >= 4 is 33.2 Å². The summed E-state index contributed by atoms with van der Waals surface area (Å²) >= 11 is 9.40. The summed E-state index contributed by atoms with van der Waals surface area (Å²) in [5.74, 6) is -0.00662. The molecule has 21 heavy (non-hydrogen) atoms. The van der Waals surface area contributed by atoms with Crippen LogP contribution < -0.4 is 5.73 Å². The van der Waals surface area contributed by atoms with E-state index in [0.29, 0.717) is 22.1 Å². The van der Waals surface area contributed by atoms with Crippen LogP contribution in [-0.2, 0) is 0 Å². The van der Waals surface area contributed by atoms with Crippen LogP contribution in [0.5, 0.6) is 0 Å². The van der Waals surface area contributed by atoms with Crippen molar-refractivity contribution in [1.29, 1.82) is 0 Å². The minimum Gasteiger partial charge on any atom is -0.398 e. The van der Waals surface area contributed by atoms with E-state index in [0.717, 1.165) is 4.47 Å². The topological polar surface area (TPSA) is 69.6 Å². The molecule has 0 aliphatic carbocycles. The van der Waals surface area contributed by atoms with Gasteiger partial charge in [-0.05, 0) is 62.8 Å². The lowest BCUT2D eigenvalue weighted by molar-refractivity contribution is 0.628. The fraction of sp³-hybridized carbons (Fsp3) is 0. The molecule has 0 fully saturated rings. The molecule has 0 saturated heterocycles. The van der Waals surface area contributed by atoms with Crippen LogP contribution in [0.25, 0.3) is 17.1 Å². The van der Waals surface area contributed by atoms with Crippen LogP contribution in [0.3, 0.4) is 0 Å². The molecule has 8 heteroatoms. The van der Waals surface area contributed by atoms with Crippen LogP contribution in [-0.4, -0.2) is 20.2 Å². The van der Waals surface area contributed by atoms with E-state index in [1.54, 1.807) is 18.2 Å². The monoisotopic (exact) mass is 367 g/mol. The SMILES string of the molecule is Nc1cc(F)ccc1-c1nnnn1-c1ccc(Br)c(Cl)c1. The number of rotatable bonds is 2. The molecule has 106 valence electrons. The second-order valence-electron chi connectivity index (χ2n) is 4.24. The number of nitrogens with two attached hydrogens (primary N) is 1. The molecule has 0 bridgehead atoms. The van der Waals surface area contributed by atoms with E-state index < -0.39 is 5.82 Å². The molecule has 0 aliphatic heterocycles.